The topological polar surface area (TPSA) is 61.4 Å². The summed E-state index contributed by atoms with van der Waals surface area (Å²) in [7, 11) is 0. The quantitative estimate of drug-likeness (QED) is 0.729. The number of carbonyl (C=O) groups is 1. The first-order valence-corrected chi connectivity index (χ1v) is 9.89. The Labute approximate surface area is 171 Å². The SMILES string of the molecule is Cc1ccccc1CNC(=O)c1cncc(N2CCN(c3ccccn3)CC2)c1. The van der Waals surface area contributed by atoms with E-state index >= 15 is 0 Å². The lowest BCUT2D eigenvalue weighted by Gasteiger charge is -2.36. The Morgan fingerprint density at radius 1 is 1.00 bits per heavy atom. The minimum atomic E-state index is -0.102. The van der Waals surface area contributed by atoms with Crippen LogP contribution in [-0.4, -0.2) is 42.1 Å². The Kier molecular flexibility index (Phi) is 5.70. The molecule has 0 radical (unpaired) electrons. The second-order valence-electron chi connectivity index (χ2n) is 7.20. The Morgan fingerprint density at radius 3 is 2.52 bits per heavy atom. The highest BCUT2D eigenvalue weighted by atomic mass is 16.1. The summed E-state index contributed by atoms with van der Waals surface area (Å²) in [6.07, 6.45) is 5.28. The van der Waals surface area contributed by atoms with Gasteiger partial charge in [-0.25, -0.2) is 4.98 Å². The van der Waals surface area contributed by atoms with Crippen LogP contribution in [0.4, 0.5) is 11.5 Å². The van der Waals surface area contributed by atoms with Gasteiger partial charge >= 0.3 is 0 Å². The van der Waals surface area contributed by atoms with Gasteiger partial charge in [-0.05, 0) is 36.2 Å². The van der Waals surface area contributed by atoms with Crippen LogP contribution in [0.25, 0.3) is 0 Å². The fourth-order valence-electron chi connectivity index (χ4n) is 3.55. The number of piperazine rings is 1. The molecular formula is C23H25N5O. The molecule has 1 aromatic carbocycles. The molecule has 1 amide bonds. The smallest absolute Gasteiger partial charge is 0.253 e. The van der Waals surface area contributed by atoms with Crippen molar-refractivity contribution in [1.82, 2.24) is 15.3 Å². The molecule has 0 saturated carbocycles. The lowest BCUT2D eigenvalue weighted by Crippen LogP contribution is -2.46. The zero-order chi connectivity index (χ0) is 20.1. The highest BCUT2D eigenvalue weighted by Crippen LogP contribution is 2.19. The van der Waals surface area contributed by atoms with Gasteiger partial charge in [0, 0.05) is 45.1 Å². The molecule has 1 fully saturated rings. The molecule has 1 saturated heterocycles. The summed E-state index contributed by atoms with van der Waals surface area (Å²) >= 11 is 0. The number of hydrogen-bond donors (Lipinski definition) is 1. The van der Waals surface area contributed by atoms with E-state index in [-0.39, 0.29) is 5.91 Å². The summed E-state index contributed by atoms with van der Waals surface area (Å²) in [5, 5.41) is 3.00. The molecule has 0 bridgehead atoms. The van der Waals surface area contributed by atoms with Crippen molar-refractivity contribution in [3.63, 3.8) is 0 Å². The molecule has 0 spiro atoms. The van der Waals surface area contributed by atoms with Gasteiger partial charge < -0.3 is 15.1 Å². The second-order valence-corrected chi connectivity index (χ2v) is 7.20. The number of amides is 1. The number of hydrogen-bond acceptors (Lipinski definition) is 5. The zero-order valence-corrected chi connectivity index (χ0v) is 16.6. The van der Waals surface area contributed by atoms with Gasteiger partial charge in [0.15, 0.2) is 0 Å². The zero-order valence-electron chi connectivity index (χ0n) is 16.6. The van der Waals surface area contributed by atoms with Crippen LogP contribution in [0.2, 0.25) is 0 Å². The molecule has 1 aliphatic rings. The number of nitrogens with zero attached hydrogens (tertiary/aromatic N) is 4. The molecule has 2 aromatic heterocycles. The molecule has 148 valence electrons. The number of anilines is 2. The maximum atomic E-state index is 12.6. The molecule has 6 nitrogen and oxygen atoms in total. The lowest BCUT2D eigenvalue weighted by atomic mass is 10.1. The van der Waals surface area contributed by atoms with Crippen LogP contribution in [0.15, 0.2) is 67.1 Å². The van der Waals surface area contributed by atoms with Crippen LogP contribution < -0.4 is 15.1 Å². The van der Waals surface area contributed by atoms with Crippen LogP contribution in [-0.2, 0) is 6.54 Å². The van der Waals surface area contributed by atoms with E-state index in [1.165, 1.54) is 5.56 Å². The summed E-state index contributed by atoms with van der Waals surface area (Å²) in [6, 6.07) is 16.0. The molecular weight excluding hydrogens is 362 g/mol. The van der Waals surface area contributed by atoms with Crippen LogP contribution in [0.5, 0.6) is 0 Å². The van der Waals surface area contributed by atoms with E-state index < -0.39 is 0 Å². The van der Waals surface area contributed by atoms with Crippen molar-refractivity contribution in [2.45, 2.75) is 13.5 Å². The lowest BCUT2D eigenvalue weighted by molar-refractivity contribution is 0.0950. The van der Waals surface area contributed by atoms with Crippen molar-refractivity contribution >= 4 is 17.4 Å². The Hall–Kier alpha value is -3.41. The number of rotatable bonds is 5. The summed E-state index contributed by atoms with van der Waals surface area (Å²) in [6.45, 7) is 6.08. The van der Waals surface area contributed by atoms with Crippen molar-refractivity contribution in [2.75, 3.05) is 36.0 Å². The first kappa shape index (κ1) is 18.9. The molecule has 3 heterocycles. The minimum absolute atomic E-state index is 0.102. The van der Waals surface area contributed by atoms with E-state index in [1.54, 1.807) is 6.20 Å². The number of benzene rings is 1. The van der Waals surface area contributed by atoms with Crippen molar-refractivity contribution in [1.29, 1.82) is 0 Å². The molecule has 0 unspecified atom stereocenters. The molecule has 1 N–H and O–H groups in total. The third kappa shape index (κ3) is 4.54. The van der Waals surface area contributed by atoms with Crippen molar-refractivity contribution < 1.29 is 4.79 Å². The fraction of sp³-hybridized carbons (Fsp3) is 0.261. The third-order valence-electron chi connectivity index (χ3n) is 5.30. The summed E-state index contributed by atoms with van der Waals surface area (Å²) < 4.78 is 0. The van der Waals surface area contributed by atoms with Crippen LogP contribution in [0, 0.1) is 6.92 Å². The fourth-order valence-corrected chi connectivity index (χ4v) is 3.55. The van der Waals surface area contributed by atoms with E-state index in [0.717, 1.165) is 43.2 Å². The molecule has 0 aliphatic carbocycles. The molecule has 4 rings (SSSR count). The monoisotopic (exact) mass is 387 g/mol. The maximum absolute atomic E-state index is 12.6. The molecule has 3 aromatic rings. The van der Waals surface area contributed by atoms with Gasteiger partial charge in [-0.15, -0.1) is 0 Å². The largest absolute Gasteiger partial charge is 0.367 e. The van der Waals surface area contributed by atoms with E-state index in [0.29, 0.717) is 12.1 Å². The van der Waals surface area contributed by atoms with Gasteiger partial charge in [-0.1, -0.05) is 30.3 Å². The Morgan fingerprint density at radius 2 is 1.76 bits per heavy atom. The average molecular weight is 387 g/mol. The molecule has 0 atom stereocenters. The number of aryl methyl sites for hydroxylation is 1. The molecule has 1 aliphatic heterocycles. The molecule has 6 heteroatoms. The number of carbonyl (C=O) groups excluding carboxylic acids is 1. The number of aromatic nitrogens is 2. The van der Waals surface area contributed by atoms with Gasteiger partial charge in [0.05, 0.1) is 17.4 Å². The number of nitrogens with one attached hydrogen (secondary N) is 1. The van der Waals surface area contributed by atoms with E-state index in [4.69, 9.17) is 0 Å². The van der Waals surface area contributed by atoms with Crippen LogP contribution >= 0.6 is 0 Å². The Balaban J connectivity index is 1.37. The van der Waals surface area contributed by atoms with Gasteiger partial charge in [-0.3, -0.25) is 9.78 Å². The maximum Gasteiger partial charge on any atom is 0.253 e. The van der Waals surface area contributed by atoms with E-state index in [2.05, 4.69) is 25.1 Å². The second kappa shape index (κ2) is 8.73. The van der Waals surface area contributed by atoms with Crippen LogP contribution in [0.3, 0.4) is 0 Å². The van der Waals surface area contributed by atoms with Gasteiger partial charge in [0.25, 0.3) is 5.91 Å². The number of pyridine rings is 2. The Bertz CT molecular complexity index is 968. The normalized spacial score (nSPS) is 14.0. The summed E-state index contributed by atoms with van der Waals surface area (Å²) in [4.78, 5) is 25.9. The highest BCUT2D eigenvalue weighted by Gasteiger charge is 2.19. The van der Waals surface area contributed by atoms with E-state index in [1.807, 2.05) is 67.8 Å². The van der Waals surface area contributed by atoms with Crippen molar-refractivity contribution in [2.24, 2.45) is 0 Å². The first-order chi connectivity index (χ1) is 14.2. The standard InChI is InChI=1S/C23H25N5O/c1-18-6-2-3-7-19(18)16-26-23(29)20-14-21(17-24-15-20)27-10-12-28(13-11-27)22-8-4-5-9-25-22/h2-9,14-15,17H,10-13,16H2,1H3,(H,26,29). The van der Waals surface area contributed by atoms with Gasteiger partial charge in [-0.2, -0.15) is 0 Å². The minimum Gasteiger partial charge on any atom is -0.367 e. The predicted molar refractivity (Wildman–Crippen MR) is 115 cm³/mol. The summed E-state index contributed by atoms with van der Waals surface area (Å²) in [5.74, 6) is 0.907. The first-order valence-electron chi connectivity index (χ1n) is 9.89. The van der Waals surface area contributed by atoms with Crippen LogP contribution in [0.1, 0.15) is 21.5 Å². The van der Waals surface area contributed by atoms with Gasteiger partial charge in [0.2, 0.25) is 0 Å². The predicted octanol–water partition coefficient (Wildman–Crippen LogP) is 3.04. The average Bonchev–Trinajstić information content (AvgIpc) is 2.79. The van der Waals surface area contributed by atoms with Crippen molar-refractivity contribution in [3.8, 4) is 0 Å². The van der Waals surface area contributed by atoms with Gasteiger partial charge in [0.1, 0.15) is 5.82 Å². The van der Waals surface area contributed by atoms with E-state index in [9.17, 15) is 4.79 Å². The molecule has 29 heavy (non-hydrogen) atoms. The summed E-state index contributed by atoms with van der Waals surface area (Å²) in [5.41, 5.74) is 3.86. The van der Waals surface area contributed by atoms with Crippen molar-refractivity contribution in [3.05, 3.63) is 83.8 Å². The third-order valence-corrected chi connectivity index (χ3v) is 5.30. The highest BCUT2D eigenvalue weighted by molar-refractivity contribution is 5.94.